The second kappa shape index (κ2) is 8.30. The summed E-state index contributed by atoms with van der Waals surface area (Å²) in [5.74, 6) is -0.0594. The van der Waals surface area contributed by atoms with Gasteiger partial charge in [-0.25, -0.2) is 0 Å². The molecule has 1 aromatic heterocycles. The predicted octanol–water partition coefficient (Wildman–Crippen LogP) is 3.82. The number of carbonyl (C=O) groups excluding carboxylic acids is 1. The first-order valence-electron chi connectivity index (χ1n) is 10.0. The number of aromatic amines is 1. The Morgan fingerprint density at radius 3 is 2.71 bits per heavy atom. The maximum atomic E-state index is 12.7. The molecule has 0 saturated carbocycles. The van der Waals surface area contributed by atoms with Gasteiger partial charge < -0.3 is 10.2 Å². The van der Waals surface area contributed by atoms with E-state index in [-0.39, 0.29) is 5.91 Å². The SMILES string of the molecule is CCN(CCCNC(=O)c1[nH]nc2c1CCc1ccccc1-2)c1ccccc1. The van der Waals surface area contributed by atoms with Crippen LogP contribution in [-0.2, 0) is 12.8 Å². The Hall–Kier alpha value is -3.08. The number of benzene rings is 2. The summed E-state index contributed by atoms with van der Waals surface area (Å²) in [4.78, 5) is 15.0. The molecule has 1 heterocycles. The van der Waals surface area contributed by atoms with E-state index in [4.69, 9.17) is 0 Å². The average molecular weight is 374 g/mol. The van der Waals surface area contributed by atoms with Gasteiger partial charge in [-0.3, -0.25) is 9.89 Å². The Balaban J connectivity index is 1.35. The lowest BCUT2D eigenvalue weighted by Crippen LogP contribution is -2.30. The van der Waals surface area contributed by atoms with Gasteiger partial charge in [0.25, 0.3) is 5.91 Å². The molecule has 5 nitrogen and oxygen atoms in total. The number of fused-ring (bicyclic) bond motifs is 3. The number of nitrogens with one attached hydrogen (secondary N) is 2. The molecule has 0 unspecified atom stereocenters. The molecule has 0 saturated heterocycles. The van der Waals surface area contributed by atoms with Crippen LogP contribution in [0.4, 0.5) is 5.69 Å². The van der Waals surface area contributed by atoms with Gasteiger partial charge in [0.05, 0.1) is 5.69 Å². The van der Waals surface area contributed by atoms with Crippen molar-refractivity contribution in [2.45, 2.75) is 26.2 Å². The highest BCUT2D eigenvalue weighted by atomic mass is 16.1. The van der Waals surface area contributed by atoms with Crippen LogP contribution in [0, 0.1) is 0 Å². The Morgan fingerprint density at radius 2 is 1.89 bits per heavy atom. The minimum Gasteiger partial charge on any atom is -0.372 e. The zero-order valence-corrected chi connectivity index (χ0v) is 16.2. The second-order valence-corrected chi connectivity index (χ2v) is 7.11. The fourth-order valence-corrected chi connectivity index (χ4v) is 3.92. The quantitative estimate of drug-likeness (QED) is 0.618. The first-order chi connectivity index (χ1) is 13.8. The van der Waals surface area contributed by atoms with Crippen LogP contribution in [0.1, 0.15) is 35.0 Å². The number of hydrogen-bond acceptors (Lipinski definition) is 3. The van der Waals surface area contributed by atoms with E-state index in [1.165, 1.54) is 11.3 Å². The van der Waals surface area contributed by atoms with Crippen LogP contribution >= 0.6 is 0 Å². The third-order valence-corrected chi connectivity index (χ3v) is 5.40. The van der Waals surface area contributed by atoms with Crippen LogP contribution < -0.4 is 10.2 Å². The van der Waals surface area contributed by atoms with E-state index < -0.39 is 0 Å². The monoisotopic (exact) mass is 374 g/mol. The highest BCUT2D eigenvalue weighted by Gasteiger charge is 2.24. The summed E-state index contributed by atoms with van der Waals surface area (Å²) in [6.45, 7) is 4.66. The van der Waals surface area contributed by atoms with Crippen LogP contribution in [-0.4, -0.2) is 35.7 Å². The Labute approximate surface area is 165 Å². The maximum absolute atomic E-state index is 12.7. The summed E-state index contributed by atoms with van der Waals surface area (Å²) in [6.07, 6.45) is 2.70. The van der Waals surface area contributed by atoms with Crippen molar-refractivity contribution in [3.8, 4) is 11.3 Å². The molecule has 5 heteroatoms. The Morgan fingerprint density at radius 1 is 1.11 bits per heavy atom. The third kappa shape index (κ3) is 3.65. The molecule has 1 amide bonds. The molecule has 2 aromatic carbocycles. The summed E-state index contributed by atoms with van der Waals surface area (Å²) in [6, 6.07) is 18.7. The number of anilines is 1. The molecule has 0 fully saturated rings. The van der Waals surface area contributed by atoms with Gasteiger partial charge in [0, 0.05) is 36.4 Å². The molecule has 3 aromatic rings. The molecule has 1 aliphatic carbocycles. The Kier molecular flexibility index (Phi) is 5.42. The number of nitrogens with zero attached hydrogens (tertiary/aromatic N) is 2. The zero-order chi connectivity index (χ0) is 19.3. The van der Waals surface area contributed by atoms with Crippen molar-refractivity contribution < 1.29 is 4.79 Å². The van der Waals surface area contributed by atoms with Gasteiger partial charge in [-0.15, -0.1) is 0 Å². The maximum Gasteiger partial charge on any atom is 0.269 e. The van der Waals surface area contributed by atoms with Crippen molar-refractivity contribution in [2.24, 2.45) is 0 Å². The average Bonchev–Trinajstić information content (AvgIpc) is 3.19. The fourth-order valence-electron chi connectivity index (χ4n) is 3.92. The number of amides is 1. The van der Waals surface area contributed by atoms with Crippen LogP contribution in [0.15, 0.2) is 54.6 Å². The molecule has 0 radical (unpaired) electrons. The van der Waals surface area contributed by atoms with Gasteiger partial charge in [0.2, 0.25) is 0 Å². The van der Waals surface area contributed by atoms with Crippen LogP contribution in [0.25, 0.3) is 11.3 Å². The number of para-hydroxylation sites is 1. The van der Waals surface area contributed by atoms with Crippen molar-refractivity contribution in [1.29, 1.82) is 0 Å². The highest BCUT2D eigenvalue weighted by Crippen LogP contribution is 2.33. The third-order valence-electron chi connectivity index (χ3n) is 5.40. The zero-order valence-electron chi connectivity index (χ0n) is 16.2. The highest BCUT2D eigenvalue weighted by molar-refractivity contribution is 5.96. The minimum atomic E-state index is -0.0594. The van der Waals surface area contributed by atoms with E-state index in [0.717, 1.165) is 49.2 Å². The number of aryl methyl sites for hydroxylation is 1. The van der Waals surface area contributed by atoms with Crippen molar-refractivity contribution in [1.82, 2.24) is 15.5 Å². The first kappa shape index (κ1) is 18.3. The van der Waals surface area contributed by atoms with Gasteiger partial charge in [0.15, 0.2) is 0 Å². The number of hydrogen-bond donors (Lipinski definition) is 2. The largest absolute Gasteiger partial charge is 0.372 e. The van der Waals surface area contributed by atoms with Crippen molar-refractivity contribution >= 4 is 11.6 Å². The van der Waals surface area contributed by atoms with E-state index >= 15 is 0 Å². The summed E-state index contributed by atoms with van der Waals surface area (Å²) in [7, 11) is 0. The molecule has 0 spiro atoms. The van der Waals surface area contributed by atoms with E-state index in [1.807, 2.05) is 12.1 Å². The minimum absolute atomic E-state index is 0.0594. The molecular formula is C23H26N4O. The van der Waals surface area contributed by atoms with Gasteiger partial charge in [0.1, 0.15) is 5.69 Å². The van der Waals surface area contributed by atoms with E-state index in [9.17, 15) is 4.79 Å². The van der Waals surface area contributed by atoms with Gasteiger partial charge >= 0.3 is 0 Å². The van der Waals surface area contributed by atoms with Crippen LogP contribution in [0.2, 0.25) is 0 Å². The van der Waals surface area contributed by atoms with Gasteiger partial charge in [-0.1, -0.05) is 42.5 Å². The number of H-pyrrole nitrogens is 1. The second-order valence-electron chi connectivity index (χ2n) is 7.11. The lowest BCUT2D eigenvalue weighted by atomic mass is 9.89. The first-order valence-corrected chi connectivity index (χ1v) is 10.0. The standard InChI is InChI=1S/C23H26N4O/c1-2-27(18-10-4-3-5-11-18)16-8-15-24-23(28)22-20-14-13-17-9-6-7-12-19(17)21(20)25-26-22/h3-7,9-12H,2,8,13-16H2,1H3,(H,24,28)(H,25,26). The Bertz CT molecular complexity index is 948. The molecular weight excluding hydrogens is 348 g/mol. The molecule has 0 atom stereocenters. The van der Waals surface area contributed by atoms with E-state index in [2.05, 4.69) is 69.8 Å². The van der Waals surface area contributed by atoms with Crippen molar-refractivity contribution in [3.63, 3.8) is 0 Å². The predicted molar refractivity (Wildman–Crippen MR) is 113 cm³/mol. The summed E-state index contributed by atoms with van der Waals surface area (Å²) in [5, 5.41) is 10.5. The van der Waals surface area contributed by atoms with E-state index in [1.54, 1.807) is 0 Å². The molecule has 144 valence electrons. The molecule has 1 aliphatic rings. The lowest BCUT2D eigenvalue weighted by Gasteiger charge is -2.23. The number of carbonyl (C=O) groups is 1. The topological polar surface area (TPSA) is 61.0 Å². The molecule has 2 N–H and O–H groups in total. The van der Waals surface area contributed by atoms with E-state index in [0.29, 0.717) is 12.2 Å². The van der Waals surface area contributed by atoms with Crippen LogP contribution in [0.3, 0.4) is 0 Å². The number of aromatic nitrogens is 2. The number of rotatable bonds is 7. The fraction of sp³-hybridized carbons (Fsp3) is 0.304. The molecule has 0 aliphatic heterocycles. The summed E-state index contributed by atoms with van der Waals surface area (Å²) in [5.41, 5.74) is 6.23. The smallest absolute Gasteiger partial charge is 0.269 e. The normalized spacial score (nSPS) is 12.2. The van der Waals surface area contributed by atoms with Crippen molar-refractivity contribution in [3.05, 3.63) is 71.4 Å². The molecule has 4 rings (SSSR count). The van der Waals surface area contributed by atoms with Crippen molar-refractivity contribution in [2.75, 3.05) is 24.5 Å². The molecule has 28 heavy (non-hydrogen) atoms. The van der Waals surface area contributed by atoms with Gasteiger partial charge in [-0.05, 0) is 43.9 Å². The molecule has 0 bridgehead atoms. The lowest BCUT2D eigenvalue weighted by molar-refractivity contribution is 0.0947. The van der Waals surface area contributed by atoms with Gasteiger partial charge in [-0.2, -0.15) is 5.10 Å². The summed E-state index contributed by atoms with van der Waals surface area (Å²) < 4.78 is 0. The van der Waals surface area contributed by atoms with Crippen LogP contribution in [0.5, 0.6) is 0 Å². The summed E-state index contributed by atoms with van der Waals surface area (Å²) >= 11 is 0.